The number of benzene rings is 1. The van der Waals surface area contributed by atoms with Crippen LogP contribution in [0.15, 0.2) is 29.2 Å². The lowest BCUT2D eigenvalue weighted by Gasteiger charge is -2.19. The fourth-order valence-corrected chi connectivity index (χ4v) is 3.19. The largest absolute Gasteiger partial charge is 0.342 e. The van der Waals surface area contributed by atoms with Crippen LogP contribution in [0.4, 0.5) is 8.78 Å². The van der Waals surface area contributed by atoms with Gasteiger partial charge in [0.1, 0.15) is 0 Å². The van der Waals surface area contributed by atoms with E-state index in [1.165, 1.54) is 29.2 Å². The lowest BCUT2D eigenvalue weighted by atomic mass is 10.2. The van der Waals surface area contributed by atoms with Crippen LogP contribution in [0, 0.1) is 0 Å². The Bertz CT molecular complexity index is 672. The highest BCUT2D eigenvalue weighted by Gasteiger charge is 2.31. The Morgan fingerprint density at radius 1 is 1.32 bits per heavy atom. The van der Waals surface area contributed by atoms with E-state index in [0.29, 0.717) is 6.54 Å². The van der Waals surface area contributed by atoms with Crippen molar-refractivity contribution < 1.29 is 22.0 Å². The summed E-state index contributed by atoms with van der Waals surface area (Å²) in [4.78, 5) is 13.5. The van der Waals surface area contributed by atoms with E-state index >= 15 is 0 Å². The second kappa shape index (κ2) is 10.0. The van der Waals surface area contributed by atoms with Gasteiger partial charge < -0.3 is 10.6 Å². The number of nitrogens with one attached hydrogen (secondary N) is 1. The maximum Gasteiger partial charge on any atom is 0.273 e. The first-order valence-corrected chi connectivity index (χ1v) is 9.05. The Labute approximate surface area is 153 Å². The van der Waals surface area contributed by atoms with E-state index in [0.717, 1.165) is 12.8 Å². The molecule has 0 aliphatic heterocycles. The van der Waals surface area contributed by atoms with Gasteiger partial charge in [-0.1, -0.05) is 25.5 Å². The average Bonchev–Trinajstić information content (AvgIpc) is 2.57. The van der Waals surface area contributed by atoms with Gasteiger partial charge in [-0.2, -0.15) is 0 Å². The second-order valence-corrected chi connectivity index (χ2v) is 7.20. The van der Waals surface area contributed by atoms with Crippen molar-refractivity contribution >= 4 is 28.3 Å². The number of alkyl halides is 2. The van der Waals surface area contributed by atoms with Crippen molar-refractivity contribution in [2.75, 3.05) is 26.7 Å². The molecule has 0 heterocycles. The molecule has 0 spiro atoms. The smallest absolute Gasteiger partial charge is 0.273 e. The molecule has 0 fully saturated rings. The maximum absolute atomic E-state index is 13.2. The van der Waals surface area contributed by atoms with Crippen LogP contribution in [-0.4, -0.2) is 51.8 Å². The Hall–Kier alpha value is -1.29. The number of sulfonamides is 1. The number of carbonyl (C=O) groups excluding carboxylic acids is 1. The molecule has 3 N–H and O–H groups in total. The second-order valence-electron chi connectivity index (χ2n) is 5.46. The fourth-order valence-electron chi connectivity index (χ4n) is 1.93. The molecule has 25 heavy (non-hydrogen) atoms. The summed E-state index contributed by atoms with van der Waals surface area (Å²) in [5.74, 6) is -3.83. The molecule has 0 unspecified atom stereocenters. The summed E-state index contributed by atoms with van der Waals surface area (Å²) >= 11 is 0. The molecule has 144 valence electrons. The van der Waals surface area contributed by atoms with Crippen LogP contribution in [0.5, 0.6) is 0 Å². The number of nitrogens with two attached hydrogens (primary N) is 1. The van der Waals surface area contributed by atoms with Gasteiger partial charge in [0, 0.05) is 13.6 Å². The third-order valence-corrected chi connectivity index (χ3v) is 4.88. The van der Waals surface area contributed by atoms with Crippen LogP contribution in [0.3, 0.4) is 0 Å². The first-order chi connectivity index (χ1) is 11.1. The van der Waals surface area contributed by atoms with E-state index in [2.05, 4.69) is 0 Å². The summed E-state index contributed by atoms with van der Waals surface area (Å²) < 4.78 is 52.8. The SMILES string of the molecule is CCCCN(C)C(=O)c1ccccc1S(=O)(=O)NCC(F)(F)CN.Cl. The summed E-state index contributed by atoms with van der Waals surface area (Å²) in [7, 11) is -2.70. The summed E-state index contributed by atoms with van der Waals surface area (Å²) in [6, 6.07) is 5.52. The van der Waals surface area contributed by atoms with Crippen molar-refractivity contribution in [2.45, 2.75) is 30.6 Å². The molecule has 0 saturated heterocycles. The third-order valence-electron chi connectivity index (χ3n) is 3.42. The number of rotatable bonds is 9. The van der Waals surface area contributed by atoms with Gasteiger partial charge in [-0.05, 0) is 18.6 Å². The molecule has 10 heteroatoms. The van der Waals surface area contributed by atoms with Crippen LogP contribution in [0.1, 0.15) is 30.1 Å². The van der Waals surface area contributed by atoms with Gasteiger partial charge in [-0.3, -0.25) is 4.79 Å². The van der Waals surface area contributed by atoms with Crippen LogP contribution >= 0.6 is 12.4 Å². The summed E-state index contributed by atoms with van der Waals surface area (Å²) in [6.45, 7) is 0.344. The number of nitrogens with zero attached hydrogens (tertiary/aromatic N) is 1. The van der Waals surface area contributed by atoms with Crippen LogP contribution < -0.4 is 10.5 Å². The number of hydrogen-bond donors (Lipinski definition) is 2. The molecule has 1 rings (SSSR count). The zero-order valence-electron chi connectivity index (χ0n) is 14.2. The molecule has 0 atom stereocenters. The Balaban J connectivity index is 0.00000576. The molecule has 0 bridgehead atoms. The highest BCUT2D eigenvalue weighted by atomic mass is 35.5. The molecule has 0 aromatic heterocycles. The zero-order chi connectivity index (χ0) is 18.4. The van der Waals surface area contributed by atoms with Crippen LogP contribution in [0.25, 0.3) is 0 Å². The van der Waals surface area contributed by atoms with Crippen LogP contribution in [0.2, 0.25) is 0 Å². The quantitative estimate of drug-likeness (QED) is 0.662. The van der Waals surface area contributed by atoms with Crippen molar-refractivity contribution in [3.8, 4) is 0 Å². The van der Waals surface area contributed by atoms with Crippen molar-refractivity contribution in [2.24, 2.45) is 5.73 Å². The van der Waals surface area contributed by atoms with E-state index in [1.807, 2.05) is 11.6 Å². The Kier molecular flexibility index (Phi) is 9.49. The van der Waals surface area contributed by atoms with Crippen molar-refractivity contribution in [1.82, 2.24) is 9.62 Å². The molecular formula is C15H24ClF2N3O3S. The maximum atomic E-state index is 13.2. The molecule has 1 aromatic rings. The van der Waals surface area contributed by atoms with Gasteiger partial charge in [0.25, 0.3) is 11.8 Å². The van der Waals surface area contributed by atoms with Crippen molar-refractivity contribution in [3.63, 3.8) is 0 Å². The molecule has 6 nitrogen and oxygen atoms in total. The Morgan fingerprint density at radius 3 is 2.48 bits per heavy atom. The molecule has 0 aliphatic rings. The van der Waals surface area contributed by atoms with E-state index in [-0.39, 0.29) is 22.9 Å². The number of carbonyl (C=O) groups is 1. The topological polar surface area (TPSA) is 92.5 Å². The number of unbranched alkanes of at least 4 members (excludes halogenated alkanes) is 1. The molecule has 1 aromatic carbocycles. The van der Waals surface area contributed by atoms with Crippen LogP contribution in [-0.2, 0) is 10.0 Å². The minimum Gasteiger partial charge on any atom is -0.342 e. The first-order valence-electron chi connectivity index (χ1n) is 7.56. The predicted octanol–water partition coefficient (Wildman–Crippen LogP) is 1.85. The van der Waals surface area contributed by atoms with Gasteiger partial charge >= 0.3 is 0 Å². The lowest BCUT2D eigenvalue weighted by Crippen LogP contribution is -2.42. The molecular weight excluding hydrogens is 376 g/mol. The molecule has 0 radical (unpaired) electrons. The van der Waals surface area contributed by atoms with E-state index < -0.39 is 34.9 Å². The normalized spacial score (nSPS) is 11.7. The summed E-state index contributed by atoms with van der Waals surface area (Å²) in [6.07, 6.45) is 1.66. The van der Waals surface area contributed by atoms with Gasteiger partial charge in [-0.25, -0.2) is 21.9 Å². The summed E-state index contributed by atoms with van der Waals surface area (Å²) in [5.41, 5.74) is 4.84. The standard InChI is InChI=1S/C15H23F2N3O3S.ClH/c1-3-4-9-20(2)14(21)12-7-5-6-8-13(12)24(22,23)19-11-15(16,17)10-18;/h5-8,19H,3-4,9-11,18H2,1-2H3;1H. The monoisotopic (exact) mass is 399 g/mol. The minimum absolute atomic E-state index is 0. The number of amides is 1. The van der Waals surface area contributed by atoms with Gasteiger partial charge in [-0.15, -0.1) is 12.4 Å². The lowest BCUT2D eigenvalue weighted by molar-refractivity contribution is 0.0170. The van der Waals surface area contributed by atoms with E-state index in [9.17, 15) is 22.0 Å². The summed E-state index contributed by atoms with van der Waals surface area (Å²) in [5, 5.41) is 0. The number of hydrogen-bond acceptors (Lipinski definition) is 4. The van der Waals surface area contributed by atoms with Gasteiger partial charge in [0.2, 0.25) is 10.0 Å². The minimum atomic E-state index is -4.27. The average molecular weight is 400 g/mol. The highest BCUT2D eigenvalue weighted by Crippen LogP contribution is 2.18. The highest BCUT2D eigenvalue weighted by molar-refractivity contribution is 7.89. The molecule has 0 aliphatic carbocycles. The first kappa shape index (κ1) is 23.7. The van der Waals surface area contributed by atoms with E-state index in [4.69, 9.17) is 5.73 Å². The van der Waals surface area contributed by atoms with Gasteiger partial charge in [0.15, 0.2) is 0 Å². The molecule has 1 amide bonds. The van der Waals surface area contributed by atoms with Gasteiger partial charge in [0.05, 0.1) is 23.5 Å². The molecule has 0 saturated carbocycles. The van der Waals surface area contributed by atoms with Crippen molar-refractivity contribution in [3.05, 3.63) is 29.8 Å². The van der Waals surface area contributed by atoms with E-state index in [1.54, 1.807) is 7.05 Å². The van der Waals surface area contributed by atoms with Crippen molar-refractivity contribution in [1.29, 1.82) is 0 Å². The predicted molar refractivity (Wildman–Crippen MR) is 94.7 cm³/mol. The Morgan fingerprint density at radius 2 is 1.92 bits per heavy atom. The fraction of sp³-hybridized carbons (Fsp3) is 0.533. The zero-order valence-corrected chi connectivity index (χ0v) is 15.8. The third kappa shape index (κ3) is 6.85. The number of halogens is 3.